The molecule has 0 aromatic carbocycles. The van der Waals surface area contributed by atoms with Gasteiger partial charge in [-0.25, -0.2) is 4.79 Å². The molecular formula is C10H15N3O2. The summed E-state index contributed by atoms with van der Waals surface area (Å²) >= 11 is 0. The van der Waals surface area contributed by atoms with Crippen LogP contribution in [0.1, 0.15) is 12.0 Å². The molecule has 5 heteroatoms. The SMILES string of the molecule is O=C(O)NCCCNCc1ccncc1. The van der Waals surface area contributed by atoms with Gasteiger partial charge < -0.3 is 15.7 Å². The van der Waals surface area contributed by atoms with E-state index in [-0.39, 0.29) is 0 Å². The number of nitrogens with one attached hydrogen (secondary N) is 2. The first-order valence-electron chi connectivity index (χ1n) is 4.85. The number of hydrogen-bond acceptors (Lipinski definition) is 3. The topological polar surface area (TPSA) is 74.2 Å². The van der Waals surface area contributed by atoms with E-state index >= 15 is 0 Å². The minimum absolute atomic E-state index is 0.485. The van der Waals surface area contributed by atoms with Gasteiger partial charge in [0.1, 0.15) is 0 Å². The van der Waals surface area contributed by atoms with Gasteiger partial charge in [-0.1, -0.05) is 0 Å². The summed E-state index contributed by atoms with van der Waals surface area (Å²) in [5, 5.41) is 13.8. The summed E-state index contributed by atoms with van der Waals surface area (Å²) in [6.45, 7) is 2.07. The van der Waals surface area contributed by atoms with Gasteiger partial charge in [0.25, 0.3) is 0 Å². The van der Waals surface area contributed by atoms with Crippen LogP contribution in [0.3, 0.4) is 0 Å². The van der Waals surface area contributed by atoms with Crippen LogP contribution in [-0.4, -0.2) is 29.3 Å². The molecule has 0 radical (unpaired) electrons. The van der Waals surface area contributed by atoms with Gasteiger partial charge in [-0.05, 0) is 30.7 Å². The molecule has 0 spiro atoms. The Balaban J connectivity index is 2.00. The molecule has 0 aliphatic rings. The molecule has 0 unspecified atom stereocenters. The van der Waals surface area contributed by atoms with E-state index in [0.29, 0.717) is 6.54 Å². The molecule has 82 valence electrons. The molecule has 0 aliphatic heterocycles. The van der Waals surface area contributed by atoms with Gasteiger partial charge in [-0.15, -0.1) is 0 Å². The summed E-state index contributed by atoms with van der Waals surface area (Å²) in [6.07, 6.45) is 3.33. The zero-order valence-corrected chi connectivity index (χ0v) is 8.44. The van der Waals surface area contributed by atoms with Gasteiger partial charge in [0.15, 0.2) is 0 Å². The molecular weight excluding hydrogens is 194 g/mol. The Morgan fingerprint density at radius 2 is 2.07 bits per heavy atom. The van der Waals surface area contributed by atoms with Gasteiger partial charge in [-0.3, -0.25) is 4.98 Å². The van der Waals surface area contributed by atoms with Crippen molar-refractivity contribution >= 4 is 6.09 Å². The van der Waals surface area contributed by atoms with Gasteiger partial charge in [0.2, 0.25) is 0 Å². The Kier molecular flexibility index (Phi) is 5.18. The van der Waals surface area contributed by atoms with Crippen molar-refractivity contribution in [1.82, 2.24) is 15.6 Å². The minimum atomic E-state index is -0.968. The fourth-order valence-corrected chi connectivity index (χ4v) is 1.14. The van der Waals surface area contributed by atoms with Crippen LogP contribution in [0.4, 0.5) is 4.79 Å². The lowest BCUT2D eigenvalue weighted by Crippen LogP contribution is -2.25. The molecule has 1 heterocycles. The van der Waals surface area contributed by atoms with Crippen molar-refractivity contribution in [3.8, 4) is 0 Å². The maximum Gasteiger partial charge on any atom is 0.404 e. The van der Waals surface area contributed by atoms with E-state index < -0.39 is 6.09 Å². The molecule has 0 atom stereocenters. The highest BCUT2D eigenvalue weighted by Crippen LogP contribution is 1.94. The zero-order valence-electron chi connectivity index (χ0n) is 8.44. The number of aromatic nitrogens is 1. The van der Waals surface area contributed by atoms with E-state index in [1.54, 1.807) is 12.4 Å². The molecule has 1 aromatic rings. The van der Waals surface area contributed by atoms with E-state index in [9.17, 15) is 4.79 Å². The lowest BCUT2D eigenvalue weighted by molar-refractivity contribution is 0.194. The fourth-order valence-electron chi connectivity index (χ4n) is 1.14. The highest BCUT2D eigenvalue weighted by Gasteiger charge is 1.93. The smallest absolute Gasteiger partial charge is 0.404 e. The van der Waals surface area contributed by atoms with Crippen LogP contribution in [0.2, 0.25) is 0 Å². The third kappa shape index (κ3) is 5.64. The minimum Gasteiger partial charge on any atom is -0.465 e. The van der Waals surface area contributed by atoms with Crippen LogP contribution in [0.5, 0.6) is 0 Å². The second kappa shape index (κ2) is 6.78. The number of nitrogens with zero attached hydrogens (tertiary/aromatic N) is 1. The standard InChI is InChI=1S/C10H15N3O2/c14-10(15)13-5-1-4-12-8-9-2-6-11-7-3-9/h2-3,6-7,12-13H,1,4-5,8H2,(H,14,15). The van der Waals surface area contributed by atoms with Crippen LogP contribution in [-0.2, 0) is 6.54 Å². The average Bonchev–Trinajstić information content (AvgIpc) is 2.24. The van der Waals surface area contributed by atoms with E-state index in [0.717, 1.165) is 19.5 Å². The molecule has 0 saturated heterocycles. The molecule has 0 aliphatic carbocycles. The first-order chi connectivity index (χ1) is 7.29. The lowest BCUT2D eigenvalue weighted by atomic mass is 10.2. The van der Waals surface area contributed by atoms with E-state index in [1.807, 2.05) is 12.1 Å². The summed E-state index contributed by atoms with van der Waals surface area (Å²) in [6, 6.07) is 3.89. The van der Waals surface area contributed by atoms with Crippen molar-refractivity contribution in [3.63, 3.8) is 0 Å². The third-order valence-corrected chi connectivity index (χ3v) is 1.89. The molecule has 1 aromatic heterocycles. The van der Waals surface area contributed by atoms with Crippen molar-refractivity contribution < 1.29 is 9.90 Å². The first kappa shape index (κ1) is 11.5. The van der Waals surface area contributed by atoms with E-state index in [4.69, 9.17) is 5.11 Å². The van der Waals surface area contributed by atoms with Crippen molar-refractivity contribution in [3.05, 3.63) is 30.1 Å². The quantitative estimate of drug-likeness (QED) is 0.607. The molecule has 0 saturated carbocycles. The first-order valence-corrected chi connectivity index (χ1v) is 4.85. The van der Waals surface area contributed by atoms with Gasteiger partial charge in [0.05, 0.1) is 0 Å². The summed E-state index contributed by atoms with van der Waals surface area (Å²) in [5.41, 5.74) is 1.18. The zero-order chi connectivity index (χ0) is 10.9. The van der Waals surface area contributed by atoms with Crippen molar-refractivity contribution in [2.45, 2.75) is 13.0 Å². The summed E-state index contributed by atoms with van der Waals surface area (Å²) in [7, 11) is 0. The van der Waals surface area contributed by atoms with Crippen LogP contribution >= 0.6 is 0 Å². The van der Waals surface area contributed by atoms with Gasteiger partial charge in [0, 0.05) is 25.5 Å². The number of rotatable bonds is 6. The Hall–Kier alpha value is -1.62. The number of carboxylic acid groups (broad SMARTS) is 1. The molecule has 1 amide bonds. The van der Waals surface area contributed by atoms with Crippen molar-refractivity contribution in [1.29, 1.82) is 0 Å². The molecule has 1 rings (SSSR count). The number of pyridine rings is 1. The van der Waals surface area contributed by atoms with E-state index in [1.165, 1.54) is 5.56 Å². The predicted molar refractivity (Wildman–Crippen MR) is 56.6 cm³/mol. The summed E-state index contributed by atoms with van der Waals surface area (Å²) < 4.78 is 0. The second-order valence-electron chi connectivity index (χ2n) is 3.12. The largest absolute Gasteiger partial charge is 0.465 e. The molecule has 15 heavy (non-hydrogen) atoms. The molecule has 5 nitrogen and oxygen atoms in total. The normalized spacial score (nSPS) is 9.87. The van der Waals surface area contributed by atoms with Crippen LogP contribution in [0, 0.1) is 0 Å². The Labute approximate surface area is 88.5 Å². The number of carbonyl (C=O) groups is 1. The molecule has 0 bridgehead atoms. The van der Waals surface area contributed by atoms with Gasteiger partial charge >= 0.3 is 6.09 Å². The average molecular weight is 209 g/mol. The maximum absolute atomic E-state index is 10.1. The Morgan fingerprint density at radius 1 is 1.33 bits per heavy atom. The summed E-state index contributed by atoms with van der Waals surface area (Å²) in [4.78, 5) is 14.0. The Bertz CT molecular complexity index is 290. The van der Waals surface area contributed by atoms with Crippen LogP contribution in [0.15, 0.2) is 24.5 Å². The van der Waals surface area contributed by atoms with Crippen LogP contribution in [0.25, 0.3) is 0 Å². The van der Waals surface area contributed by atoms with Crippen molar-refractivity contribution in [2.24, 2.45) is 0 Å². The predicted octanol–water partition coefficient (Wildman–Crippen LogP) is 0.829. The lowest BCUT2D eigenvalue weighted by Gasteiger charge is -2.04. The third-order valence-electron chi connectivity index (χ3n) is 1.89. The van der Waals surface area contributed by atoms with Crippen LogP contribution < -0.4 is 10.6 Å². The second-order valence-corrected chi connectivity index (χ2v) is 3.12. The molecule has 0 fully saturated rings. The van der Waals surface area contributed by atoms with Crippen molar-refractivity contribution in [2.75, 3.05) is 13.1 Å². The summed E-state index contributed by atoms with van der Waals surface area (Å²) in [5.74, 6) is 0. The highest BCUT2D eigenvalue weighted by atomic mass is 16.4. The Morgan fingerprint density at radius 3 is 2.73 bits per heavy atom. The number of amides is 1. The fraction of sp³-hybridized carbons (Fsp3) is 0.400. The van der Waals surface area contributed by atoms with Gasteiger partial charge in [-0.2, -0.15) is 0 Å². The monoisotopic (exact) mass is 209 g/mol. The highest BCUT2D eigenvalue weighted by molar-refractivity contribution is 5.64. The van der Waals surface area contributed by atoms with E-state index in [2.05, 4.69) is 15.6 Å². The number of hydrogen-bond donors (Lipinski definition) is 3. The molecule has 3 N–H and O–H groups in total. The maximum atomic E-state index is 10.1.